The fourth-order valence-corrected chi connectivity index (χ4v) is 3.78. The summed E-state index contributed by atoms with van der Waals surface area (Å²) in [4.78, 5) is 0. The van der Waals surface area contributed by atoms with E-state index in [-0.39, 0.29) is 11.1 Å². The number of unbranched alkanes of at least 4 members (excludes halogenated alkanes) is 9. The van der Waals surface area contributed by atoms with E-state index in [9.17, 15) is 0 Å². The Kier molecular flexibility index (Phi) is 12.0. The van der Waals surface area contributed by atoms with E-state index in [1.54, 1.807) is 0 Å². The largest absolute Gasteiger partial charge is 0.403 e. The summed E-state index contributed by atoms with van der Waals surface area (Å²) in [5.74, 6) is 2.87. The van der Waals surface area contributed by atoms with E-state index < -0.39 is 8.32 Å². The summed E-state index contributed by atoms with van der Waals surface area (Å²) in [5, 5.41) is 0.236. The smallest absolute Gasteiger partial charge is 0.193 e. The van der Waals surface area contributed by atoms with Crippen molar-refractivity contribution in [2.75, 3.05) is 0 Å². The van der Waals surface area contributed by atoms with Crippen LogP contribution in [0, 0.1) is 12.3 Å². The van der Waals surface area contributed by atoms with Crippen LogP contribution in [0.1, 0.15) is 98.3 Å². The molecule has 1 unspecified atom stereocenters. The van der Waals surface area contributed by atoms with Gasteiger partial charge in [-0.3, -0.25) is 0 Å². The lowest BCUT2D eigenvalue weighted by molar-refractivity contribution is 0.219. The van der Waals surface area contributed by atoms with Gasteiger partial charge in [0.2, 0.25) is 0 Å². The van der Waals surface area contributed by atoms with E-state index in [1.165, 1.54) is 64.2 Å². The summed E-state index contributed by atoms with van der Waals surface area (Å²) < 4.78 is 6.34. The van der Waals surface area contributed by atoms with Gasteiger partial charge < -0.3 is 4.43 Å². The molecule has 0 aliphatic carbocycles. The number of hydrogen-bond donors (Lipinski definition) is 0. The maximum Gasteiger partial charge on any atom is 0.193 e. The Morgan fingerprint density at radius 1 is 0.870 bits per heavy atom. The first-order chi connectivity index (χ1) is 10.7. The van der Waals surface area contributed by atoms with Gasteiger partial charge in [0.1, 0.15) is 6.10 Å². The van der Waals surface area contributed by atoms with Crippen LogP contribution in [-0.2, 0) is 4.43 Å². The van der Waals surface area contributed by atoms with Crippen LogP contribution in [0.3, 0.4) is 0 Å². The van der Waals surface area contributed by atoms with Gasteiger partial charge in [0.15, 0.2) is 8.32 Å². The van der Waals surface area contributed by atoms with Crippen molar-refractivity contribution in [1.82, 2.24) is 0 Å². The Balaban J connectivity index is 3.72. The molecule has 0 radical (unpaired) electrons. The van der Waals surface area contributed by atoms with Gasteiger partial charge in [-0.1, -0.05) is 91.4 Å². The average Bonchev–Trinajstić information content (AvgIpc) is 2.46. The quantitative estimate of drug-likeness (QED) is 0.194. The Bertz CT molecular complexity index is 322. The normalized spacial score (nSPS) is 13.8. The first-order valence-corrected chi connectivity index (χ1v) is 12.8. The molecule has 0 bridgehead atoms. The van der Waals surface area contributed by atoms with Crippen molar-refractivity contribution in [2.45, 2.75) is 123 Å². The summed E-state index contributed by atoms with van der Waals surface area (Å²) in [6, 6.07) is 0. The molecule has 136 valence electrons. The molecule has 1 nitrogen and oxygen atoms in total. The second-order valence-corrected chi connectivity index (χ2v) is 13.3. The Morgan fingerprint density at radius 2 is 1.30 bits per heavy atom. The van der Waals surface area contributed by atoms with E-state index >= 15 is 0 Å². The van der Waals surface area contributed by atoms with E-state index in [2.05, 4.69) is 46.7 Å². The average molecular weight is 339 g/mol. The molecule has 0 amide bonds. The van der Waals surface area contributed by atoms with Crippen molar-refractivity contribution in [1.29, 1.82) is 0 Å². The molecule has 0 saturated heterocycles. The lowest BCUT2D eigenvalue weighted by atomic mass is 10.0. The molecule has 0 rings (SSSR count). The van der Waals surface area contributed by atoms with Crippen LogP contribution in [0.5, 0.6) is 0 Å². The highest BCUT2D eigenvalue weighted by Gasteiger charge is 2.38. The highest BCUT2D eigenvalue weighted by molar-refractivity contribution is 6.74. The molecule has 1 atom stereocenters. The van der Waals surface area contributed by atoms with Gasteiger partial charge in [-0.15, -0.1) is 6.42 Å². The Morgan fingerprint density at radius 3 is 1.70 bits per heavy atom. The molecule has 0 aliphatic rings. The third-order valence-electron chi connectivity index (χ3n) is 5.25. The van der Waals surface area contributed by atoms with Gasteiger partial charge in [-0.05, 0) is 31.0 Å². The lowest BCUT2D eigenvalue weighted by Gasteiger charge is -2.38. The van der Waals surface area contributed by atoms with Gasteiger partial charge in [0, 0.05) is 0 Å². The number of terminal acetylenes is 1. The maximum atomic E-state index is 6.34. The number of hydrogen-bond acceptors (Lipinski definition) is 1. The molecule has 0 N–H and O–H groups in total. The van der Waals surface area contributed by atoms with Crippen molar-refractivity contribution in [2.24, 2.45) is 0 Å². The molecular weight excluding hydrogens is 296 g/mol. The first kappa shape index (κ1) is 22.7. The van der Waals surface area contributed by atoms with Gasteiger partial charge >= 0.3 is 0 Å². The second kappa shape index (κ2) is 12.1. The van der Waals surface area contributed by atoms with Crippen LogP contribution in [0.15, 0.2) is 0 Å². The summed E-state index contributed by atoms with van der Waals surface area (Å²) in [7, 11) is -1.73. The van der Waals surface area contributed by atoms with Crippen molar-refractivity contribution in [3.05, 3.63) is 0 Å². The van der Waals surface area contributed by atoms with Crippen LogP contribution in [0.25, 0.3) is 0 Å². The van der Waals surface area contributed by atoms with Crippen molar-refractivity contribution < 1.29 is 4.43 Å². The molecule has 0 heterocycles. The SMILES string of the molecule is C#CC(CCCCCCCCCCCC)O[Si](C)(C)C(C)(C)C. The van der Waals surface area contributed by atoms with Crippen molar-refractivity contribution >= 4 is 8.32 Å². The summed E-state index contributed by atoms with van der Waals surface area (Å²) in [6.45, 7) is 13.7. The standard InChI is InChI=1S/C21H42OSi/c1-8-10-11-12-13-14-15-16-17-18-19-20(9-2)22-23(6,7)21(3,4)5/h2,20H,8,10-19H2,1,3-7H3. The van der Waals surface area contributed by atoms with Crippen molar-refractivity contribution in [3.8, 4) is 12.3 Å². The van der Waals surface area contributed by atoms with Crippen LogP contribution < -0.4 is 0 Å². The van der Waals surface area contributed by atoms with Crippen LogP contribution in [-0.4, -0.2) is 14.4 Å². The van der Waals surface area contributed by atoms with E-state index in [0.29, 0.717) is 0 Å². The predicted molar refractivity (Wildman–Crippen MR) is 107 cm³/mol. The zero-order valence-corrected chi connectivity index (χ0v) is 17.8. The number of rotatable bonds is 13. The van der Waals surface area contributed by atoms with Gasteiger partial charge in [0.25, 0.3) is 0 Å². The zero-order valence-electron chi connectivity index (χ0n) is 16.8. The maximum absolute atomic E-state index is 6.34. The van der Waals surface area contributed by atoms with E-state index in [1.807, 2.05) is 0 Å². The minimum Gasteiger partial charge on any atom is -0.403 e. The van der Waals surface area contributed by atoms with Gasteiger partial charge in [-0.2, -0.15) is 0 Å². The summed E-state index contributed by atoms with van der Waals surface area (Å²) in [5.41, 5.74) is 0. The second-order valence-electron chi connectivity index (χ2n) is 8.50. The first-order valence-electron chi connectivity index (χ1n) is 9.88. The summed E-state index contributed by atoms with van der Waals surface area (Å²) in [6.07, 6.45) is 20.4. The highest BCUT2D eigenvalue weighted by atomic mass is 28.4. The molecule has 0 saturated carbocycles. The molecule has 23 heavy (non-hydrogen) atoms. The molecule has 0 aromatic rings. The van der Waals surface area contributed by atoms with Crippen LogP contribution in [0.2, 0.25) is 18.1 Å². The Hall–Kier alpha value is -0.263. The zero-order chi connectivity index (χ0) is 17.8. The molecule has 0 aliphatic heterocycles. The minimum atomic E-state index is -1.73. The lowest BCUT2D eigenvalue weighted by Crippen LogP contribution is -2.43. The van der Waals surface area contributed by atoms with Crippen molar-refractivity contribution in [3.63, 3.8) is 0 Å². The van der Waals surface area contributed by atoms with Crippen LogP contribution in [0.4, 0.5) is 0 Å². The van der Waals surface area contributed by atoms with Gasteiger partial charge in [0.05, 0.1) is 0 Å². The topological polar surface area (TPSA) is 9.23 Å². The van der Waals surface area contributed by atoms with E-state index in [0.717, 1.165) is 6.42 Å². The predicted octanol–water partition coefficient (Wildman–Crippen LogP) is 7.32. The summed E-state index contributed by atoms with van der Waals surface area (Å²) >= 11 is 0. The minimum absolute atomic E-state index is 0.0185. The highest BCUT2D eigenvalue weighted by Crippen LogP contribution is 2.37. The van der Waals surface area contributed by atoms with Gasteiger partial charge in [-0.25, -0.2) is 0 Å². The molecule has 0 aromatic heterocycles. The molecule has 0 fully saturated rings. The molecule has 2 heteroatoms. The van der Waals surface area contributed by atoms with Crippen LogP contribution >= 0.6 is 0 Å². The molecule has 0 spiro atoms. The van der Waals surface area contributed by atoms with E-state index in [4.69, 9.17) is 10.8 Å². The third kappa shape index (κ3) is 11.0. The fourth-order valence-electron chi connectivity index (χ4n) is 2.53. The Labute approximate surface area is 148 Å². The molecular formula is C21H42OSi. The third-order valence-corrected chi connectivity index (χ3v) is 9.73. The molecule has 0 aromatic carbocycles. The monoisotopic (exact) mass is 338 g/mol. The fraction of sp³-hybridized carbons (Fsp3) is 0.905.